The highest BCUT2D eigenvalue weighted by Crippen LogP contribution is 2.25. The maximum atomic E-state index is 12.9. The molecule has 1 aliphatic rings. The molecule has 1 unspecified atom stereocenters. The van der Waals surface area contributed by atoms with Gasteiger partial charge in [-0.05, 0) is 18.6 Å². The quantitative estimate of drug-likeness (QED) is 0.896. The highest BCUT2D eigenvalue weighted by molar-refractivity contribution is 7.11. The van der Waals surface area contributed by atoms with Crippen LogP contribution < -0.4 is 10.6 Å². The molecule has 0 aromatic carbocycles. The van der Waals surface area contributed by atoms with E-state index in [4.69, 9.17) is 0 Å². The van der Waals surface area contributed by atoms with Gasteiger partial charge in [0.25, 0.3) is 5.92 Å². The third-order valence-electron chi connectivity index (χ3n) is 2.93. The van der Waals surface area contributed by atoms with Gasteiger partial charge in [-0.25, -0.2) is 8.78 Å². The Morgan fingerprint density at radius 3 is 2.74 bits per heavy atom. The van der Waals surface area contributed by atoms with Gasteiger partial charge < -0.3 is 5.32 Å². The molecule has 1 fully saturated rings. The van der Waals surface area contributed by atoms with Gasteiger partial charge in [0.05, 0.1) is 19.1 Å². The van der Waals surface area contributed by atoms with Crippen LogP contribution in [-0.2, 0) is 17.8 Å². The summed E-state index contributed by atoms with van der Waals surface area (Å²) in [6.45, 7) is 2.07. The number of nitrogens with one attached hydrogen (secondary N) is 2. The average Bonchev–Trinajstić information content (AvgIpc) is 2.92. The van der Waals surface area contributed by atoms with Crippen molar-refractivity contribution in [2.24, 2.45) is 0 Å². The van der Waals surface area contributed by atoms with Gasteiger partial charge in [0.15, 0.2) is 0 Å². The molecule has 0 saturated carbocycles. The van der Waals surface area contributed by atoms with E-state index in [9.17, 15) is 13.6 Å². The Hall–Kier alpha value is -0.720. The molecule has 0 radical (unpaired) electrons. The first-order valence-corrected chi connectivity index (χ1v) is 6.78. The monoisotopic (exact) mass is 310 g/mol. The first-order chi connectivity index (χ1) is 8.50. The second-order valence-electron chi connectivity index (χ2n) is 4.43. The van der Waals surface area contributed by atoms with Crippen molar-refractivity contribution >= 4 is 29.7 Å². The van der Waals surface area contributed by atoms with Crippen LogP contribution in [0.5, 0.6) is 0 Å². The minimum absolute atomic E-state index is 0. The molecule has 0 spiro atoms. The van der Waals surface area contributed by atoms with Gasteiger partial charge in [-0.2, -0.15) is 0 Å². The van der Waals surface area contributed by atoms with E-state index in [2.05, 4.69) is 17.6 Å². The highest BCUT2D eigenvalue weighted by Gasteiger charge is 2.42. The van der Waals surface area contributed by atoms with Crippen LogP contribution in [0.4, 0.5) is 8.78 Å². The van der Waals surface area contributed by atoms with Gasteiger partial charge in [-0.15, -0.1) is 23.7 Å². The van der Waals surface area contributed by atoms with Crippen molar-refractivity contribution in [1.82, 2.24) is 10.6 Å². The Balaban J connectivity index is 0.00000180. The second-order valence-corrected chi connectivity index (χ2v) is 5.69. The second kappa shape index (κ2) is 6.63. The summed E-state index contributed by atoms with van der Waals surface area (Å²) in [6.07, 6.45) is 0.554. The molecule has 19 heavy (non-hydrogen) atoms. The van der Waals surface area contributed by atoms with Crippen LogP contribution in [0, 0.1) is 0 Å². The largest absolute Gasteiger partial charge is 0.350 e. The van der Waals surface area contributed by atoms with Gasteiger partial charge in [-0.1, -0.05) is 6.92 Å². The minimum atomic E-state index is -2.76. The fourth-order valence-electron chi connectivity index (χ4n) is 1.91. The summed E-state index contributed by atoms with van der Waals surface area (Å²) in [5, 5.41) is 5.23. The lowest BCUT2D eigenvalue weighted by atomic mass is 10.2. The topological polar surface area (TPSA) is 41.1 Å². The van der Waals surface area contributed by atoms with Gasteiger partial charge in [-0.3, -0.25) is 10.1 Å². The molecule has 1 amide bonds. The summed E-state index contributed by atoms with van der Waals surface area (Å²) in [5.41, 5.74) is 0. The Morgan fingerprint density at radius 1 is 1.53 bits per heavy atom. The van der Waals surface area contributed by atoms with E-state index in [0.717, 1.165) is 11.3 Å². The fourth-order valence-corrected chi connectivity index (χ4v) is 2.80. The lowest BCUT2D eigenvalue weighted by molar-refractivity contribution is -0.123. The van der Waals surface area contributed by atoms with E-state index in [-0.39, 0.29) is 18.3 Å². The standard InChI is InChI=1S/C12H16F2N2OS.ClH/c1-2-8-3-4-9(18-8)6-15-11(17)10-5-12(13,14)7-16-10;/h3-4,10,16H,2,5-7H2,1H3,(H,15,17);1H. The first-order valence-electron chi connectivity index (χ1n) is 5.97. The predicted octanol–water partition coefficient (Wildman–Crippen LogP) is 2.35. The number of halogens is 3. The molecule has 1 aromatic heterocycles. The van der Waals surface area contributed by atoms with E-state index in [0.29, 0.717) is 6.54 Å². The molecule has 0 aliphatic carbocycles. The van der Waals surface area contributed by atoms with E-state index in [1.54, 1.807) is 11.3 Å². The van der Waals surface area contributed by atoms with Gasteiger partial charge in [0, 0.05) is 16.2 Å². The van der Waals surface area contributed by atoms with E-state index in [1.807, 2.05) is 12.1 Å². The molecule has 7 heteroatoms. The van der Waals surface area contributed by atoms with Crippen LogP contribution in [0.15, 0.2) is 12.1 Å². The molecule has 0 bridgehead atoms. The zero-order chi connectivity index (χ0) is 13.2. The van der Waals surface area contributed by atoms with Crippen molar-refractivity contribution in [3.8, 4) is 0 Å². The maximum Gasteiger partial charge on any atom is 0.262 e. The van der Waals surface area contributed by atoms with Crippen molar-refractivity contribution in [2.75, 3.05) is 6.54 Å². The van der Waals surface area contributed by atoms with Crippen LogP contribution in [0.25, 0.3) is 0 Å². The summed E-state index contributed by atoms with van der Waals surface area (Å²) in [4.78, 5) is 14.0. The summed E-state index contributed by atoms with van der Waals surface area (Å²) in [5.74, 6) is -3.11. The van der Waals surface area contributed by atoms with Gasteiger partial charge in [0.2, 0.25) is 5.91 Å². The van der Waals surface area contributed by atoms with Crippen LogP contribution in [0.3, 0.4) is 0 Å². The van der Waals surface area contributed by atoms with Gasteiger partial charge >= 0.3 is 0 Å². The van der Waals surface area contributed by atoms with Crippen molar-refractivity contribution in [2.45, 2.75) is 38.3 Å². The van der Waals surface area contributed by atoms with Crippen molar-refractivity contribution in [3.05, 3.63) is 21.9 Å². The summed E-state index contributed by atoms with van der Waals surface area (Å²) >= 11 is 1.63. The van der Waals surface area contributed by atoms with Crippen molar-refractivity contribution < 1.29 is 13.6 Å². The molecule has 2 N–H and O–H groups in total. The lowest BCUT2D eigenvalue weighted by Gasteiger charge is -2.10. The molecule has 2 heterocycles. The third-order valence-corrected chi connectivity index (χ3v) is 4.16. The third kappa shape index (κ3) is 4.40. The Labute approximate surface area is 121 Å². The summed E-state index contributed by atoms with van der Waals surface area (Å²) in [7, 11) is 0. The molecular formula is C12H17ClF2N2OS. The fraction of sp³-hybridized carbons (Fsp3) is 0.583. The molecule has 2 rings (SSSR count). The molecule has 1 aliphatic heterocycles. The van der Waals surface area contributed by atoms with E-state index < -0.39 is 24.9 Å². The Morgan fingerprint density at radius 2 is 2.21 bits per heavy atom. The van der Waals surface area contributed by atoms with Gasteiger partial charge in [0.1, 0.15) is 0 Å². The minimum Gasteiger partial charge on any atom is -0.350 e. The number of alkyl halides is 2. The lowest BCUT2D eigenvalue weighted by Crippen LogP contribution is -2.39. The molecule has 1 saturated heterocycles. The number of carbonyl (C=O) groups is 1. The van der Waals surface area contributed by atoms with Crippen molar-refractivity contribution in [1.29, 1.82) is 0 Å². The zero-order valence-corrected chi connectivity index (χ0v) is 12.2. The maximum absolute atomic E-state index is 12.9. The molecule has 108 valence electrons. The summed E-state index contributed by atoms with van der Waals surface area (Å²) < 4.78 is 25.9. The summed E-state index contributed by atoms with van der Waals surface area (Å²) in [6, 6.07) is 3.21. The number of hydrogen-bond donors (Lipinski definition) is 2. The van der Waals surface area contributed by atoms with Crippen LogP contribution >= 0.6 is 23.7 Å². The number of hydrogen-bond acceptors (Lipinski definition) is 3. The van der Waals surface area contributed by atoms with Crippen LogP contribution in [0.2, 0.25) is 0 Å². The Bertz CT molecular complexity index is 439. The molecule has 3 nitrogen and oxygen atoms in total. The Kier molecular flexibility index (Phi) is 5.70. The normalized spacial score (nSPS) is 20.9. The van der Waals surface area contributed by atoms with Crippen molar-refractivity contribution in [3.63, 3.8) is 0 Å². The molecular weight excluding hydrogens is 294 g/mol. The smallest absolute Gasteiger partial charge is 0.262 e. The number of rotatable bonds is 4. The highest BCUT2D eigenvalue weighted by atomic mass is 35.5. The number of carbonyl (C=O) groups excluding carboxylic acids is 1. The number of aryl methyl sites for hydroxylation is 1. The molecule has 1 atom stereocenters. The zero-order valence-electron chi connectivity index (χ0n) is 10.5. The van der Waals surface area contributed by atoms with E-state index >= 15 is 0 Å². The predicted molar refractivity (Wildman–Crippen MR) is 74.1 cm³/mol. The first kappa shape index (κ1) is 16.3. The number of amides is 1. The molecule has 1 aromatic rings. The van der Waals surface area contributed by atoms with E-state index in [1.165, 1.54) is 4.88 Å². The SMILES string of the molecule is CCc1ccc(CNC(=O)C2CC(F)(F)CN2)s1.Cl. The number of thiophene rings is 1. The average molecular weight is 311 g/mol. The van der Waals surface area contributed by atoms with Crippen LogP contribution in [0.1, 0.15) is 23.1 Å². The van der Waals surface area contributed by atoms with Crippen LogP contribution in [-0.4, -0.2) is 24.4 Å².